The van der Waals surface area contributed by atoms with Crippen LogP contribution in [0.3, 0.4) is 0 Å². The summed E-state index contributed by atoms with van der Waals surface area (Å²) in [5.74, 6) is 0.0962. The number of benzene rings is 1. The van der Waals surface area contributed by atoms with Gasteiger partial charge in [-0.3, -0.25) is 14.7 Å². The highest BCUT2D eigenvalue weighted by Crippen LogP contribution is 2.23. The zero-order valence-corrected chi connectivity index (χ0v) is 15.1. The lowest BCUT2D eigenvalue weighted by atomic mass is 10.0. The van der Waals surface area contributed by atoms with Gasteiger partial charge in [0, 0.05) is 43.9 Å². The Morgan fingerprint density at radius 1 is 1.12 bits per heavy atom. The molecule has 2 aliphatic heterocycles. The van der Waals surface area contributed by atoms with E-state index in [4.69, 9.17) is 0 Å². The fraction of sp³-hybridized carbons (Fsp3) is 0.450. The van der Waals surface area contributed by atoms with Gasteiger partial charge in [0.05, 0.1) is 6.42 Å². The molecule has 6 heteroatoms. The Morgan fingerprint density at radius 2 is 1.88 bits per heavy atom. The van der Waals surface area contributed by atoms with Crippen molar-refractivity contribution in [1.29, 1.82) is 0 Å². The number of hydrogen-bond acceptors (Lipinski definition) is 3. The third-order valence-electron chi connectivity index (χ3n) is 5.48. The van der Waals surface area contributed by atoms with Crippen molar-refractivity contribution in [3.63, 3.8) is 0 Å². The van der Waals surface area contributed by atoms with Crippen molar-refractivity contribution < 1.29 is 9.59 Å². The minimum atomic E-state index is -0.00629. The second kappa shape index (κ2) is 6.94. The van der Waals surface area contributed by atoms with Crippen LogP contribution in [0.5, 0.6) is 0 Å². The van der Waals surface area contributed by atoms with Crippen LogP contribution in [-0.4, -0.2) is 51.4 Å². The van der Waals surface area contributed by atoms with E-state index in [-0.39, 0.29) is 11.8 Å². The predicted octanol–water partition coefficient (Wildman–Crippen LogP) is 2.08. The molecule has 1 N–H and O–H groups in total. The third-order valence-corrected chi connectivity index (χ3v) is 5.48. The van der Waals surface area contributed by atoms with E-state index in [1.54, 1.807) is 0 Å². The fourth-order valence-electron chi connectivity index (χ4n) is 3.84. The Balaban J connectivity index is 1.50. The molecular formula is C20H24N4O2. The summed E-state index contributed by atoms with van der Waals surface area (Å²) in [5.41, 5.74) is 4.57. The van der Waals surface area contributed by atoms with Crippen LogP contribution in [0.15, 0.2) is 24.3 Å². The average Bonchev–Trinajstić information content (AvgIpc) is 3.32. The number of aromatic nitrogens is 2. The van der Waals surface area contributed by atoms with Gasteiger partial charge < -0.3 is 9.80 Å². The summed E-state index contributed by atoms with van der Waals surface area (Å²) in [6, 6.07) is 7.98. The lowest BCUT2D eigenvalue weighted by Crippen LogP contribution is -2.38. The molecule has 1 saturated heterocycles. The molecule has 2 aliphatic rings. The summed E-state index contributed by atoms with van der Waals surface area (Å²) in [4.78, 5) is 29.2. The van der Waals surface area contributed by atoms with Crippen LogP contribution in [0.4, 0.5) is 0 Å². The number of hydrogen-bond donors (Lipinski definition) is 1. The number of nitrogens with one attached hydrogen (secondary N) is 1. The molecule has 2 amide bonds. The molecule has 0 aliphatic carbocycles. The highest BCUT2D eigenvalue weighted by Gasteiger charge is 2.30. The number of likely N-dealkylation sites (tertiary alicyclic amines) is 1. The molecular weight excluding hydrogens is 328 g/mol. The third kappa shape index (κ3) is 3.11. The molecule has 0 atom stereocenters. The van der Waals surface area contributed by atoms with Gasteiger partial charge >= 0.3 is 0 Å². The maximum atomic E-state index is 12.8. The molecule has 136 valence electrons. The summed E-state index contributed by atoms with van der Waals surface area (Å²) in [6.07, 6.45) is 3.23. The van der Waals surface area contributed by atoms with Gasteiger partial charge in [0.2, 0.25) is 5.91 Å². The summed E-state index contributed by atoms with van der Waals surface area (Å²) < 4.78 is 0. The number of amides is 2. The van der Waals surface area contributed by atoms with Crippen molar-refractivity contribution >= 4 is 11.8 Å². The number of rotatable bonds is 3. The first-order valence-electron chi connectivity index (χ1n) is 9.31. The number of carbonyl (C=O) groups is 2. The Kier molecular flexibility index (Phi) is 4.49. The summed E-state index contributed by atoms with van der Waals surface area (Å²) in [6.45, 7) is 4.76. The summed E-state index contributed by atoms with van der Waals surface area (Å²) in [5, 5.41) is 7.29. The van der Waals surface area contributed by atoms with E-state index in [2.05, 4.69) is 10.2 Å². The van der Waals surface area contributed by atoms with Crippen LogP contribution in [0.1, 0.15) is 45.7 Å². The molecule has 4 rings (SSSR count). The smallest absolute Gasteiger partial charge is 0.274 e. The molecule has 1 aromatic carbocycles. The lowest BCUT2D eigenvalue weighted by molar-refractivity contribution is -0.131. The second-order valence-electron chi connectivity index (χ2n) is 7.20. The fourth-order valence-corrected chi connectivity index (χ4v) is 3.84. The largest absolute Gasteiger partial charge is 0.338 e. The van der Waals surface area contributed by atoms with E-state index in [1.165, 1.54) is 0 Å². The first kappa shape index (κ1) is 16.8. The molecule has 2 aromatic rings. The molecule has 26 heavy (non-hydrogen) atoms. The van der Waals surface area contributed by atoms with E-state index in [0.29, 0.717) is 25.2 Å². The normalized spacial score (nSPS) is 16.7. The van der Waals surface area contributed by atoms with Crippen LogP contribution in [-0.2, 0) is 24.2 Å². The molecule has 1 aromatic heterocycles. The number of aromatic amines is 1. The zero-order valence-electron chi connectivity index (χ0n) is 15.1. The molecule has 0 radical (unpaired) electrons. The van der Waals surface area contributed by atoms with Gasteiger partial charge in [-0.25, -0.2) is 0 Å². The van der Waals surface area contributed by atoms with Gasteiger partial charge in [-0.15, -0.1) is 0 Å². The molecule has 0 unspecified atom stereocenters. The first-order chi connectivity index (χ1) is 12.6. The van der Waals surface area contributed by atoms with Crippen molar-refractivity contribution in [2.75, 3.05) is 19.6 Å². The molecule has 6 nitrogen and oxygen atoms in total. The van der Waals surface area contributed by atoms with Gasteiger partial charge in [0.15, 0.2) is 5.69 Å². The van der Waals surface area contributed by atoms with Crippen molar-refractivity contribution in [3.8, 4) is 0 Å². The van der Waals surface area contributed by atoms with Gasteiger partial charge in [-0.1, -0.05) is 24.3 Å². The standard InChI is InChI=1S/C20H24N4O2/c1-14-6-2-3-7-15(14)12-18(25)24-11-8-17-16(13-24)19(22-21-17)20(26)23-9-4-5-10-23/h2-3,6-7H,4-5,8-13H2,1H3,(H,21,22). The number of fused-ring (bicyclic) bond motifs is 1. The number of H-pyrrole nitrogens is 1. The zero-order chi connectivity index (χ0) is 18.1. The van der Waals surface area contributed by atoms with Crippen molar-refractivity contribution in [1.82, 2.24) is 20.0 Å². The minimum Gasteiger partial charge on any atom is -0.338 e. The van der Waals surface area contributed by atoms with Gasteiger partial charge in [-0.2, -0.15) is 5.10 Å². The van der Waals surface area contributed by atoms with E-state index < -0.39 is 0 Å². The van der Waals surface area contributed by atoms with E-state index in [0.717, 1.165) is 54.7 Å². The summed E-state index contributed by atoms with van der Waals surface area (Å²) in [7, 11) is 0. The van der Waals surface area contributed by atoms with Gasteiger partial charge in [0.1, 0.15) is 0 Å². The Morgan fingerprint density at radius 3 is 2.65 bits per heavy atom. The van der Waals surface area contributed by atoms with Crippen LogP contribution >= 0.6 is 0 Å². The lowest BCUT2D eigenvalue weighted by Gasteiger charge is -2.27. The second-order valence-corrected chi connectivity index (χ2v) is 7.20. The predicted molar refractivity (Wildman–Crippen MR) is 97.7 cm³/mol. The van der Waals surface area contributed by atoms with Crippen molar-refractivity contribution in [3.05, 3.63) is 52.3 Å². The van der Waals surface area contributed by atoms with Crippen molar-refractivity contribution in [2.24, 2.45) is 0 Å². The Labute approximate surface area is 153 Å². The topological polar surface area (TPSA) is 69.3 Å². The maximum absolute atomic E-state index is 12.8. The van der Waals surface area contributed by atoms with E-state index in [1.807, 2.05) is 41.0 Å². The number of carbonyl (C=O) groups excluding carboxylic acids is 2. The van der Waals surface area contributed by atoms with Crippen LogP contribution in [0, 0.1) is 6.92 Å². The highest BCUT2D eigenvalue weighted by molar-refractivity contribution is 5.94. The molecule has 1 fully saturated rings. The summed E-state index contributed by atoms with van der Waals surface area (Å²) >= 11 is 0. The average molecular weight is 352 g/mol. The van der Waals surface area contributed by atoms with Crippen LogP contribution < -0.4 is 0 Å². The van der Waals surface area contributed by atoms with E-state index >= 15 is 0 Å². The van der Waals surface area contributed by atoms with E-state index in [9.17, 15) is 9.59 Å². The quantitative estimate of drug-likeness (QED) is 0.919. The number of aryl methyl sites for hydroxylation is 1. The minimum absolute atomic E-state index is 0.00629. The van der Waals surface area contributed by atoms with Crippen LogP contribution in [0.25, 0.3) is 0 Å². The Hall–Kier alpha value is -2.63. The monoisotopic (exact) mass is 352 g/mol. The maximum Gasteiger partial charge on any atom is 0.274 e. The molecule has 0 spiro atoms. The van der Waals surface area contributed by atoms with Gasteiger partial charge in [-0.05, 0) is 30.9 Å². The molecule has 0 saturated carbocycles. The van der Waals surface area contributed by atoms with Crippen LogP contribution in [0.2, 0.25) is 0 Å². The number of nitrogens with zero attached hydrogens (tertiary/aromatic N) is 3. The molecule has 3 heterocycles. The SMILES string of the molecule is Cc1ccccc1CC(=O)N1CCc2[nH]nc(C(=O)N3CCCC3)c2C1. The molecule has 0 bridgehead atoms. The van der Waals surface area contributed by atoms with Crippen molar-refractivity contribution in [2.45, 2.75) is 39.2 Å². The van der Waals surface area contributed by atoms with Gasteiger partial charge in [0.25, 0.3) is 5.91 Å². The highest BCUT2D eigenvalue weighted by atomic mass is 16.2. The Bertz CT molecular complexity index is 836. The first-order valence-corrected chi connectivity index (χ1v) is 9.31.